The number of ketones is 1. The molecule has 0 aliphatic carbocycles. The minimum absolute atomic E-state index is 0.0638. The summed E-state index contributed by atoms with van der Waals surface area (Å²) in [7, 11) is 1.98. The lowest BCUT2D eigenvalue weighted by atomic mass is 10.1. The maximum atomic E-state index is 11.7. The number of benzene rings is 2. The second-order valence-electron chi connectivity index (χ2n) is 6.93. The number of carbonyl (C=O) groups is 1. The quantitative estimate of drug-likeness (QED) is 0.400. The first-order valence-corrected chi connectivity index (χ1v) is 9.79. The maximum Gasteiger partial charge on any atom is 0.219 e. The number of pyridine rings is 1. The third-order valence-electron chi connectivity index (χ3n) is 4.84. The van der Waals surface area contributed by atoms with Crippen LogP contribution in [-0.4, -0.2) is 27.8 Å². The van der Waals surface area contributed by atoms with E-state index < -0.39 is 0 Å². The van der Waals surface area contributed by atoms with Crippen molar-refractivity contribution in [1.29, 1.82) is 0 Å². The van der Waals surface area contributed by atoms with E-state index in [1.54, 1.807) is 18.3 Å². The fourth-order valence-corrected chi connectivity index (χ4v) is 3.22. The lowest BCUT2D eigenvalue weighted by Crippen LogP contribution is -2.12. The van der Waals surface area contributed by atoms with Gasteiger partial charge in [-0.15, -0.1) is 0 Å². The Hall–Kier alpha value is -3.80. The van der Waals surface area contributed by atoms with E-state index >= 15 is 0 Å². The maximum absolute atomic E-state index is 11.7. The Balaban J connectivity index is 1.54. The van der Waals surface area contributed by atoms with E-state index in [0.717, 1.165) is 28.2 Å². The predicted octanol–water partition coefficient (Wildman–Crippen LogP) is 5.49. The van der Waals surface area contributed by atoms with Crippen LogP contribution in [0, 0.1) is 6.92 Å². The second kappa shape index (κ2) is 8.29. The fraction of sp³-hybridized carbons (Fsp3) is 0.167. The van der Waals surface area contributed by atoms with Crippen LogP contribution in [0.2, 0.25) is 0 Å². The molecule has 6 nitrogen and oxygen atoms in total. The van der Waals surface area contributed by atoms with Crippen molar-refractivity contribution in [2.75, 3.05) is 11.9 Å². The van der Waals surface area contributed by atoms with E-state index in [0.29, 0.717) is 23.6 Å². The molecule has 0 spiro atoms. The van der Waals surface area contributed by atoms with Gasteiger partial charge in [0.15, 0.2) is 5.78 Å². The highest BCUT2D eigenvalue weighted by Crippen LogP contribution is 2.30. The molecule has 0 unspecified atom stereocenters. The molecule has 2 heterocycles. The van der Waals surface area contributed by atoms with Gasteiger partial charge in [-0.1, -0.05) is 19.1 Å². The lowest BCUT2D eigenvalue weighted by Gasteiger charge is -2.20. The molecule has 0 saturated carbocycles. The van der Waals surface area contributed by atoms with Crippen LogP contribution in [0.1, 0.15) is 29.5 Å². The van der Waals surface area contributed by atoms with E-state index in [9.17, 15) is 4.79 Å². The molecule has 0 radical (unpaired) electrons. The predicted molar refractivity (Wildman–Crippen MR) is 118 cm³/mol. The zero-order valence-corrected chi connectivity index (χ0v) is 17.2. The molecule has 0 aliphatic rings. The van der Waals surface area contributed by atoms with Gasteiger partial charge >= 0.3 is 0 Å². The molecule has 0 N–H and O–H groups in total. The van der Waals surface area contributed by atoms with Crippen molar-refractivity contribution >= 4 is 28.2 Å². The molecular formula is C24H22N4O2. The number of hydrogen-bond donors (Lipinski definition) is 0. The highest BCUT2D eigenvalue weighted by molar-refractivity contribution is 5.95. The Morgan fingerprint density at radius 1 is 1.00 bits per heavy atom. The van der Waals surface area contributed by atoms with Gasteiger partial charge in [-0.3, -0.25) is 4.79 Å². The second-order valence-corrected chi connectivity index (χ2v) is 6.93. The van der Waals surface area contributed by atoms with Crippen molar-refractivity contribution in [1.82, 2.24) is 15.0 Å². The molecule has 0 amide bonds. The topological polar surface area (TPSA) is 68.2 Å². The number of carbonyl (C=O) groups excluding carboxylic acids is 1. The summed E-state index contributed by atoms with van der Waals surface area (Å²) in [6.45, 7) is 3.73. The zero-order valence-electron chi connectivity index (χ0n) is 17.2. The van der Waals surface area contributed by atoms with Gasteiger partial charge in [0.2, 0.25) is 5.88 Å². The van der Waals surface area contributed by atoms with Gasteiger partial charge in [-0.2, -0.15) is 0 Å². The van der Waals surface area contributed by atoms with Gasteiger partial charge in [0, 0.05) is 42.4 Å². The van der Waals surface area contributed by atoms with E-state index in [-0.39, 0.29) is 5.78 Å². The van der Waals surface area contributed by atoms with Crippen LogP contribution in [0.15, 0.2) is 66.9 Å². The first kappa shape index (κ1) is 19.5. The van der Waals surface area contributed by atoms with Crippen LogP contribution in [0.5, 0.6) is 11.6 Å². The molecule has 2 aromatic heterocycles. The number of ether oxygens (including phenoxy) is 1. The Morgan fingerprint density at radius 2 is 1.77 bits per heavy atom. The number of aromatic nitrogens is 3. The van der Waals surface area contributed by atoms with E-state index in [2.05, 4.69) is 15.0 Å². The van der Waals surface area contributed by atoms with Crippen LogP contribution in [0.4, 0.5) is 11.5 Å². The van der Waals surface area contributed by atoms with E-state index in [1.165, 1.54) is 0 Å². The molecule has 0 fully saturated rings. The Kier molecular flexibility index (Phi) is 5.39. The number of anilines is 2. The molecule has 4 aromatic rings. The SMILES string of the molecule is CCC(=O)c1ccc(Oc2ccc(N(C)c3nc(C)nc4ccccc34)cc2)nc1. The fourth-order valence-electron chi connectivity index (χ4n) is 3.22. The Labute approximate surface area is 175 Å². The van der Waals surface area contributed by atoms with Gasteiger partial charge in [0.25, 0.3) is 0 Å². The van der Waals surface area contributed by atoms with Crippen LogP contribution in [0.25, 0.3) is 10.9 Å². The molecule has 0 atom stereocenters. The summed E-state index contributed by atoms with van der Waals surface area (Å²) in [6.07, 6.45) is 2.00. The van der Waals surface area contributed by atoms with Crippen LogP contribution >= 0.6 is 0 Å². The minimum atomic E-state index is 0.0638. The summed E-state index contributed by atoms with van der Waals surface area (Å²) in [4.78, 5) is 27.1. The summed E-state index contributed by atoms with van der Waals surface area (Å²) in [6, 6.07) is 19.1. The minimum Gasteiger partial charge on any atom is -0.439 e. The highest BCUT2D eigenvalue weighted by Gasteiger charge is 2.12. The van der Waals surface area contributed by atoms with Gasteiger partial charge in [-0.05, 0) is 49.4 Å². The van der Waals surface area contributed by atoms with Gasteiger partial charge in [0.05, 0.1) is 5.52 Å². The Morgan fingerprint density at radius 3 is 2.47 bits per heavy atom. The zero-order chi connectivity index (χ0) is 21.1. The molecule has 4 rings (SSSR count). The van der Waals surface area contributed by atoms with Gasteiger partial charge < -0.3 is 9.64 Å². The molecule has 0 aliphatic heterocycles. The van der Waals surface area contributed by atoms with Crippen molar-refractivity contribution in [2.45, 2.75) is 20.3 Å². The number of hydrogen-bond acceptors (Lipinski definition) is 6. The molecule has 2 aromatic carbocycles. The first-order chi connectivity index (χ1) is 14.5. The van der Waals surface area contributed by atoms with Crippen molar-refractivity contribution in [3.63, 3.8) is 0 Å². The number of Topliss-reactive ketones (excluding diaryl/α,β-unsaturated/α-hetero) is 1. The largest absolute Gasteiger partial charge is 0.439 e. The van der Waals surface area contributed by atoms with Crippen molar-refractivity contribution < 1.29 is 9.53 Å². The van der Waals surface area contributed by atoms with Crippen LogP contribution in [0.3, 0.4) is 0 Å². The van der Waals surface area contributed by atoms with Crippen LogP contribution < -0.4 is 9.64 Å². The summed E-state index contributed by atoms with van der Waals surface area (Å²) >= 11 is 0. The molecule has 0 saturated heterocycles. The summed E-state index contributed by atoms with van der Waals surface area (Å²) in [5.41, 5.74) is 2.49. The molecule has 30 heavy (non-hydrogen) atoms. The average Bonchev–Trinajstić information content (AvgIpc) is 2.78. The smallest absolute Gasteiger partial charge is 0.219 e. The molecule has 0 bridgehead atoms. The number of fused-ring (bicyclic) bond motifs is 1. The average molecular weight is 398 g/mol. The number of nitrogens with zero attached hydrogens (tertiary/aromatic N) is 4. The van der Waals surface area contributed by atoms with E-state index in [4.69, 9.17) is 4.74 Å². The monoisotopic (exact) mass is 398 g/mol. The summed E-state index contributed by atoms with van der Waals surface area (Å²) in [5, 5.41) is 0.997. The number of para-hydroxylation sites is 1. The Bertz CT molecular complexity index is 1190. The third-order valence-corrected chi connectivity index (χ3v) is 4.84. The molecule has 6 heteroatoms. The third kappa shape index (κ3) is 3.98. The number of aryl methyl sites for hydroxylation is 1. The molecular weight excluding hydrogens is 376 g/mol. The summed E-state index contributed by atoms with van der Waals surface area (Å²) in [5.74, 6) is 2.75. The van der Waals surface area contributed by atoms with Gasteiger partial charge in [0.1, 0.15) is 17.4 Å². The number of rotatable bonds is 6. The lowest BCUT2D eigenvalue weighted by molar-refractivity contribution is 0.0988. The van der Waals surface area contributed by atoms with E-state index in [1.807, 2.05) is 74.3 Å². The molecule has 150 valence electrons. The first-order valence-electron chi connectivity index (χ1n) is 9.79. The van der Waals surface area contributed by atoms with Crippen molar-refractivity contribution in [2.24, 2.45) is 0 Å². The standard InChI is InChI=1S/C24H22N4O2/c1-4-22(29)17-9-14-23(25-15-17)30-19-12-10-18(11-13-19)28(3)24-20-7-5-6-8-21(20)26-16(2)27-24/h5-15H,4H2,1-3H3. The van der Waals surface area contributed by atoms with Crippen molar-refractivity contribution in [3.8, 4) is 11.6 Å². The van der Waals surface area contributed by atoms with Crippen LogP contribution in [-0.2, 0) is 0 Å². The summed E-state index contributed by atoms with van der Waals surface area (Å²) < 4.78 is 5.81. The highest BCUT2D eigenvalue weighted by atomic mass is 16.5. The van der Waals surface area contributed by atoms with Crippen molar-refractivity contribution in [3.05, 3.63) is 78.2 Å². The van der Waals surface area contributed by atoms with Gasteiger partial charge in [-0.25, -0.2) is 15.0 Å². The normalized spacial score (nSPS) is 10.8.